The molecule has 4 nitrogen and oxygen atoms in total. The van der Waals surface area contributed by atoms with Crippen LogP contribution < -0.4 is 4.87 Å². The zero-order valence-electron chi connectivity index (χ0n) is 10.2. The molecule has 2 heterocycles. The number of fused-ring (bicyclic) bond motifs is 1. The van der Waals surface area contributed by atoms with E-state index >= 15 is 0 Å². The van der Waals surface area contributed by atoms with Crippen molar-refractivity contribution in [1.29, 1.82) is 0 Å². The van der Waals surface area contributed by atoms with Crippen LogP contribution in [-0.4, -0.2) is 15.3 Å². The Labute approximate surface area is 123 Å². The van der Waals surface area contributed by atoms with Crippen LogP contribution in [0, 0.1) is 0 Å². The second-order valence-corrected chi connectivity index (χ2v) is 5.65. The van der Waals surface area contributed by atoms with E-state index < -0.39 is 0 Å². The first-order chi connectivity index (χ1) is 9.65. The lowest BCUT2D eigenvalue weighted by Gasteiger charge is -2.03. The van der Waals surface area contributed by atoms with Gasteiger partial charge in [0.25, 0.3) is 0 Å². The topological polar surface area (TPSA) is 52.0 Å². The molecule has 0 aliphatic rings. The lowest BCUT2D eigenvalue weighted by Crippen LogP contribution is -2.19. The predicted molar refractivity (Wildman–Crippen MR) is 79.7 cm³/mol. The van der Waals surface area contributed by atoms with E-state index in [-0.39, 0.29) is 17.2 Å². The van der Waals surface area contributed by atoms with Crippen LogP contribution in [0.25, 0.3) is 10.2 Å². The highest BCUT2D eigenvalue weighted by atomic mass is 35.5. The number of hydrogen-bond donors (Lipinski definition) is 0. The van der Waals surface area contributed by atoms with Gasteiger partial charge in [-0.3, -0.25) is 19.1 Å². The summed E-state index contributed by atoms with van der Waals surface area (Å²) in [6.07, 6.45) is 3.11. The van der Waals surface area contributed by atoms with E-state index in [1.807, 2.05) is 0 Å². The number of benzene rings is 1. The second-order valence-electron chi connectivity index (χ2n) is 4.23. The van der Waals surface area contributed by atoms with E-state index in [4.69, 9.17) is 11.6 Å². The highest BCUT2D eigenvalue weighted by molar-refractivity contribution is 7.16. The number of rotatable bonds is 3. The Kier molecular flexibility index (Phi) is 3.38. The summed E-state index contributed by atoms with van der Waals surface area (Å²) in [5, 5.41) is 0.542. The smallest absolute Gasteiger partial charge is 0.292 e. The van der Waals surface area contributed by atoms with E-state index in [1.54, 1.807) is 42.7 Å². The van der Waals surface area contributed by atoms with Gasteiger partial charge in [-0.2, -0.15) is 0 Å². The molecule has 0 radical (unpaired) electrons. The van der Waals surface area contributed by atoms with Gasteiger partial charge in [-0.1, -0.05) is 22.9 Å². The highest BCUT2D eigenvalue weighted by Gasteiger charge is 2.13. The van der Waals surface area contributed by atoms with Crippen molar-refractivity contribution < 1.29 is 4.79 Å². The van der Waals surface area contributed by atoms with Gasteiger partial charge in [-0.25, -0.2) is 0 Å². The molecule has 2 aromatic heterocycles. The van der Waals surface area contributed by atoms with Crippen LogP contribution in [0.5, 0.6) is 0 Å². The Morgan fingerprint density at radius 3 is 2.75 bits per heavy atom. The van der Waals surface area contributed by atoms with E-state index in [2.05, 4.69) is 4.98 Å². The van der Waals surface area contributed by atoms with Crippen LogP contribution in [-0.2, 0) is 6.54 Å². The zero-order valence-corrected chi connectivity index (χ0v) is 11.8. The summed E-state index contributed by atoms with van der Waals surface area (Å²) in [4.78, 5) is 27.9. The number of aromatic nitrogens is 2. The SMILES string of the molecule is O=C(Cn1c(=O)sc2ccc(Cl)cc21)c1ccncc1. The van der Waals surface area contributed by atoms with Crippen LogP contribution in [0.2, 0.25) is 5.02 Å². The molecule has 0 spiro atoms. The maximum absolute atomic E-state index is 12.2. The third kappa shape index (κ3) is 2.37. The van der Waals surface area contributed by atoms with Crippen LogP contribution in [0.4, 0.5) is 0 Å². The average molecular weight is 305 g/mol. The first kappa shape index (κ1) is 13.0. The molecule has 0 saturated carbocycles. The lowest BCUT2D eigenvalue weighted by molar-refractivity contribution is 0.0973. The fourth-order valence-corrected chi connectivity index (χ4v) is 3.00. The number of carbonyl (C=O) groups excluding carboxylic acids is 1. The van der Waals surface area contributed by atoms with E-state index in [0.29, 0.717) is 16.1 Å². The number of pyridine rings is 1. The van der Waals surface area contributed by atoms with E-state index in [1.165, 1.54) is 4.57 Å². The van der Waals surface area contributed by atoms with Crippen LogP contribution in [0.1, 0.15) is 10.4 Å². The minimum atomic E-state index is -0.162. The standard InChI is InChI=1S/C14H9ClN2O2S/c15-10-1-2-13-11(7-10)17(14(19)20-13)8-12(18)9-3-5-16-6-4-9/h1-7H,8H2. The largest absolute Gasteiger partial charge is 0.308 e. The van der Waals surface area contributed by atoms with Gasteiger partial charge in [0.2, 0.25) is 0 Å². The van der Waals surface area contributed by atoms with E-state index in [9.17, 15) is 9.59 Å². The van der Waals surface area contributed by atoms with Gasteiger partial charge >= 0.3 is 4.87 Å². The summed E-state index contributed by atoms with van der Waals surface area (Å²) < 4.78 is 2.27. The fraction of sp³-hybridized carbons (Fsp3) is 0.0714. The van der Waals surface area contributed by atoms with Crippen LogP contribution >= 0.6 is 22.9 Å². The molecular weight excluding hydrogens is 296 g/mol. The van der Waals surface area contributed by atoms with Crippen LogP contribution in [0.15, 0.2) is 47.5 Å². The number of Topliss-reactive ketones (excluding diaryl/α,β-unsaturated/α-hetero) is 1. The Hall–Kier alpha value is -1.98. The number of carbonyl (C=O) groups is 1. The van der Waals surface area contributed by atoms with Gasteiger partial charge in [0, 0.05) is 23.0 Å². The molecule has 100 valence electrons. The Morgan fingerprint density at radius 1 is 1.25 bits per heavy atom. The minimum Gasteiger partial charge on any atom is -0.292 e. The molecule has 6 heteroatoms. The number of hydrogen-bond acceptors (Lipinski definition) is 4. The summed E-state index contributed by atoms with van der Waals surface area (Å²) >= 11 is 7.06. The lowest BCUT2D eigenvalue weighted by atomic mass is 10.2. The summed E-state index contributed by atoms with van der Waals surface area (Å²) in [5.74, 6) is -0.130. The van der Waals surface area contributed by atoms with Gasteiger partial charge in [0.15, 0.2) is 5.78 Å². The van der Waals surface area contributed by atoms with Crippen molar-refractivity contribution in [2.75, 3.05) is 0 Å². The molecule has 0 N–H and O–H groups in total. The molecule has 3 aromatic rings. The number of halogens is 1. The van der Waals surface area contributed by atoms with E-state index in [0.717, 1.165) is 16.0 Å². The molecule has 20 heavy (non-hydrogen) atoms. The second kappa shape index (κ2) is 5.19. The molecule has 0 fully saturated rings. The maximum atomic E-state index is 12.2. The van der Waals surface area contributed by atoms with Crippen molar-refractivity contribution in [2.45, 2.75) is 6.54 Å². The molecule has 0 atom stereocenters. The number of thiazole rings is 1. The average Bonchev–Trinajstić information content (AvgIpc) is 2.76. The third-order valence-corrected chi connectivity index (χ3v) is 4.13. The maximum Gasteiger partial charge on any atom is 0.308 e. The van der Waals surface area contributed by atoms with Crippen molar-refractivity contribution in [3.8, 4) is 0 Å². The quantitative estimate of drug-likeness (QED) is 0.699. The molecule has 3 rings (SSSR count). The van der Waals surface area contributed by atoms with Crippen molar-refractivity contribution in [2.24, 2.45) is 0 Å². The minimum absolute atomic E-state index is 0.00316. The predicted octanol–water partition coefficient (Wildman–Crippen LogP) is 2.99. The van der Waals surface area contributed by atoms with Crippen molar-refractivity contribution in [3.63, 3.8) is 0 Å². The Morgan fingerprint density at radius 2 is 2.00 bits per heavy atom. The van der Waals surface area contributed by atoms with Crippen molar-refractivity contribution >= 4 is 38.9 Å². The van der Waals surface area contributed by atoms with Gasteiger partial charge in [0.05, 0.1) is 16.8 Å². The third-order valence-electron chi connectivity index (χ3n) is 2.93. The van der Waals surface area contributed by atoms with Gasteiger partial charge in [0.1, 0.15) is 0 Å². The zero-order chi connectivity index (χ0) is 14.1. The first-order valence-electron chi connectivity index (χ1n) is 5.87. The van der Waals surface area contributed by atoms with Gasteiger partial charge in [-0.15, -0.1) is 0 Å². The Bertz CT molecular complexity index is 839. The van der Waals surface area contributed by atoms with Crippen molar-refractivity contribution in [3.05, 3.63) is 63.0 Å². The number of ketones is 1. The van der Waals surface area contributed by atoms with Gasteiger partial charge < -0.3 is 0 Å². The summed E-state index contributed by atoms with van der Waals surface area (Å²) in [5.41, 5.74) is 1.23. The molecule has 0 aliphatic heterocycles. The molecule has 1 aromatic carbocycles. The summed E-state index contributed by atoms with van der Waals surface area (Å²) in [7, 11) is 0. The molecule has 0 unspecified atom stereocenters. The molecule has 0 bridgehead atoms. The summed E-state index contributed by atoms with van der Waals surface area (Å²) in [6, 6.07) is 8.49. The van der Waals surface area contributed by atoms with Crippen LogP contribution in [0.3, 0.4) is 0 Å². The first-order valence-corrected chi connectivity index (χ1v) is 7.07. The molecule has 0 amide bonds. The molecule has 0 saturated heterocycles. The monoisotopic (exact) mass is 304 g/mol. The molecule has 0 aliphatic carbocycles. The summed E-state index contributed by atoms with van der Waals surface area (Å²) in [6.45, 7) is 0.00316. The number of nitrogens with zero attached hydrogens (tertiary/aromatic N) is 2. The molecular formula is C14H9ClN2O2S. The van der Waals surface area contributed by atoms with Crippen molar-refractivity contribution in [1.82, 2.24) is 9.55 Å². The Balaban J connectivity index is 2.03. The highest BCUT2D eigenvalue weighted by Crippen LogP contribution is 2.21. The van der Waals surface area contributed by atoms with Gasteiger partial charge in [-0.05, 0) is 30.3 Å². The normalized spacial score (nSPS) is 10.8. The fourth-order valence-electron chi connectivity index (χ4n) is 1.96.